The van der Waals surface area contributed by atoms with E-state index in [1.807, 2.05) is 0 Å². The Hall–Kier alpha value is -0.660. The van der Waals surface area contributed by atoms with Gasteiger partial charge >= 0.3 is 0 Å². The molecule has 7 heteroatoms. The summed E-state index contributed by atoms with van der Waals surface area (Å²) >= 11 is 0. The molecular formula is C11H23N3O3S. The lowest BCUT2D eigenvalue weighted by atomic mass is 9.91. The lowest BCUT2D eigenvalue weighted by Gasteiger charge is -2.27. The fourth-order valence-corrected chi connectivity index (χ4v) is 2.73. The van der Waals surface area contributed by atoms with Gasteiger partial charge in [0.05, 0.1) is 11.8 Å². The highest BCUT2D eigenvalue weighted by atomic mass is 32.2. The van der Waals surface area contributed by atoms with E-state index in [1.165, 1.54) is 0 Å². The molecule has 1 aliphatic carbocycles. The van der Waals surface area contributed by atoms with Crippen molar-refractivity contribution in [3.8, 4) is 0 Å². The highest BCUT2D eigenvalue weighted by molar-refractivity contribution is 7.90. The van der Waals surface area contributed by atoms with E-state index >= 15 is 0 Å². The fourth-order valence-electron chi connectivity index (χ4n) is 2.04. The zero-order chi connectivity index (χ0) is 13.8. The maximum atomic E-state index is 11.7. The molecule has 1 aliphatic rings. The molecule has 0 aromatic heterocycles. The van der Waals surface area contributed by atoms with E-state index in [9.17, 15) is 13.2 Å². The lowest BCUT2D eigenvalue weighted by molar-refractivity contribution is -0.123. The number of nitrogens with two attached hydrogens (primary N) is 2. The summed E-state index contributed by atoms with van der Waals surface area (Å²) in [6.45, 7) is 0. The van der Waals surface area contributed by atoms with Gasteiger partial charge in [-0.3, -0.25) is 4.79 Å². The average Bonchev–Trinajstić information content (AvgIpc) is 2.28. The van der Waals surface area contributed by atoms with Crippen LogP contribution in [0.5, 0.6) is 0 Å². The molecule has 1 atom stereocenters. The van der Waals surface area contributed by atoms with Crippen molar-refractivity contribution in [3.05, 3.63) is 0 Å². The van der Waals surface area contributed by atoms with E-state index < -0.39 is 15.9 Å². The van der Waals surface area contributed by atoms with Crippen LogP contribution in [0.1, 0.15) is 32.1 Å². The molecule has 0 spiro atoms. The van der Waals surface area contributed by atoms with E-state index in [0.29, 0.717) is 0 Å². The number of carbonyl (C=O) groups is 1. The Morgan fingerprint density at radius 1 is 1.33 bits per heavy atom. The number of hydrogen-bond donors (Lipinski definition) is 3. The van der Waals surface area contributed by atoms with Crippen molar-refractivity contribution in [1.29, 1.82) is 0 Å². The molecule has 0 aromatic rings. The third kappa shape index (κ3) is 5.79. The molecular weight excluding hydrogens is 254 g/mol. The minimum Gasteiger partial charge on any atom is -0.352 e. The summed E-state index contributed by atoms with van der Waals surface area (Å²) in [5, 5.41) is 2.86. The summed E-state index contributed by atoms with van der Waals surface area (Å²) in [5.74, 6) is -0.323. The number of amides is 1. The molecule has 0 saturated heterocycles. The Morgan fingerprint density at radius 2 is 1.89 bits per heavy atom. The lowest BCUT2D eigenvalue weighted by Crippen LogP contribution is -2.48. The maximum Gasteiger partial charge on any atom is 0.237 e. The minimum atomic E-state index is -3.07. The summed E-state index contributed by atoms with van der Waals surface area (Å²) in [7, 11) is -3.07. The summed E-state index contributed by atoms with van der Waals surface area (Å²) < 4.78 is 22.0. The summed E-state index contributed by atoms with van der Waals surface area (Å²) in [4.78, 5) is 11.7. The van der Waals surface area contributed by atoms with Crippen LogP contribution >= 0.6 is 0 Å². The van der Waals surface area contributed by atoms with Crippen molar-refractivity contribution in [2.24, 2.45) is 11.5 Å². The average molecular weight is 277 g/mol. The van der Waals surface area contributed by atoms with Gasteiger partial charge in [-0.05, 0) is 32.1 Å². The Morgan fingerprint density at radius 3 is 2.39 bits per heavy atom. The van der Waals surface area contributed by atoms with Gasteiger partial charge in [-0.15, -0.1) is 0 Å². The molecule has 1 amide bonds. The fraction of sp³-hybridized carbons (Fsp3) is 0.909. The summed E-state index contributed by atoms with van der Waals surface area (Å²) in [6, 6.07) is -0.394. The standard InChI is InChI=1S/C11H23N3O3S/c1-18(16,17)7-6-10(13)11(15)14-9-4-2-8(12)3-5-9/h8-10H,2-7,12-13H2,1H3,(H,14,15). The molecule has 0 aromatic carbocycles. The third-order valence-corrected chi connectivity index (χ3v) is 4.23. The first-order chi connectivity index (χ1) is 8.28. The van der Waals surface area contributed by atoms with Crippen LogP contribution in [0.15, 0.2) is 0 Å². The van der Waals surface area contributed by atoms with Crippen LogP contribution < -0.4 is 16.8 Å². The zero-order valence-electron chi connectivity index (χ0n) is 10.8. The molecule has 0 aliphatic heterocycles. The van der Waals surface area contributed by atoms with Crippen molar-refractivity contribution in [2.45, 2.75) is 50.2 Å². The smallest absolute Gasteiger partial charge is 0.237 e. The topological polar surface area (TPSA) is 115 Å². The van der Waals surface area contributed by atoms with Crippen LogP contribution in [0.2, 0.25) is 0 Å². The van der Waals surface area contributed by atoms with Crippen molar-refractivity contribution in [1.82, 2.24) is 5.32 Å². The van der Waals surface area contributed by atoms with E-state index in [-0.39, 0.29) is 30.2 Å². The Bertz CT molecular complexity index is 375. The molecule has 1 rings (SSSR count). The SMILES string of the molecule is CS(=O)(=O)CCC(N)C(=O)NC1CCC(N)CC1. The van der Waals surface area contributed by atoms with Crippen LogP contribution in [-0.2, 0) is 14.6 Å². The molecule has 1 saturated carbocycles. The van der Waals surface area contributed by atoms with E-state index in [0.717, 1.165) is 31.9 Å². The van der Waals surface area contributed by atoms with E-state index in [1.54, 1.807) is 0 Å². The second-order valence-corrected chi connectivity index (χ2v) is 7.41. The molecule has 0 heterocycles. The van der Waals surface area contributed by atoms with E-state index in [2.05, 4.69) is 5.32 Å². The number of carbonyl (C=O) groups excluding carboxylic acids is 1. The van der Waals surface area contributed by atoms with Crippen molar-refractivity contribution in [3.63, 3.8) is 0 Å². The molecule has 0 bridgehead atoms. The van der Waals surface area contributed by atoms with Crippen molar-refractivity contribution in [2.75, 3.05) is 12.0 Å². The first-order valence-electron chi connectivity index (χ1n) is 6.27. The van der Waals surface area contributed by atoms with Crippen LogP contribution in [-0.4, -0.2) is 44.5 Å². The van der Waals surface area contributed by atoms with Gasteiger partial charge in [0.2, 0.25) is 5.91 Å². The molecule has 0 radical (unpaired) electrons. The quantitative estimate of drug-likeness (QED) is 0.604. The van der Waals surface area contributed by atoms with Gasteiger partial charge in [0, 0.05) is 18.3 Å². The maximum absolute atomic E-state index is 11.7. The van der Waals surface area contributed by atoms with Crippen LogP contribution in [0.25, 0.3) is 0 Å². The van der Waals surface area contributed by atoms with Gasteiger partial charge < -0.3 is 16.8 Å². The van der Waals surface area contributed by atoms with Gasteiger partial charge in [0.15, 0.2) is 0 Å². The second kappa shape index (κ2) is 6.49. The molecule has 106 valence electrons. The Labute approximate surface area is 108 Å². The van der Waals surface area contributed by atoms with Gasteiger partial charge in [0.1, 0.15) is 9.84 Å². The predicted molar refractivity (Wildman–Crippen MR) is 70.7 cm³/mol. The minimum absolute atomic E-state index is 0.0584. The Balaban J connectivity index is 2.31. The molecule has 1 unspecified atom stereocenters. The largest absolute Gasteiger partial charge is 0.352 e. The van der Waals surface area contributed by atoms with Gasteiger partial charge in [-0.2, -0.15) is 0 Å². The Kier molecular flexibility index (Phi) is 5.55. The summed E-state index contributed by atoms with van der Waals surface area (Å²) in [6.07, 6.45) is 4.85. The third-order valence-electron chi connectivity index (χ3n) is 3.25. The van der Waals surface area contributed by atoms with Crippen LogP contribution in [0, 0.1) is 0 Å². The monoisotopic (exact) mass is 277 g/mol. The van der Waals surface area contributed by atoms with Gasteiger partial charge in [-0.25, -0.2) is 8.42 Å². The molecule has 18 heavy (non-hydrogen) atoms. The molecule has 6 nitrogen and oxygen atoms in total. The number of hydrogen-bond acceptors (Lipinski definition) is 5. The van der Waals surface area contributed by atoms with Crippen LogP contribution in [0.3, 0.4) is 0 Å². The second-order valence-electron chi connectivity index (χ2n) is 5.15. The van der Waals surface area contributed by atoms with Gasteiger partial charge in [0.25, 0.3) is 0 Å². The van der Waals surface area contributed by atoms with Crippen molar-refractivity contribution >= 4 is 15.7 Å². The van der Waals surface area contributed by atoms with Crippen molar-refractivity contribution < 1.29 is 13.2 Å². The number of sulfone groups is 1. The molecule has 5 N–H and O–H groups in total. The first-order valence-corrected chi connectivity index (χ1v) is 8.33. The van der Waals surface area contributed by atoms with Gasteiger partial charge in [-0.1, -0.05) is 0 Å². The number of nitrogens with one attached hydrogen (secondary N) is 1. The first kappa shape index (κ1) is 15.4. The van der Waals surface area contributed by atoms with Crippen LogP contribution in [0.4, 0.5) is 0 Å². The normalized spacial score (nSPS) is 26.6. The zero-order valence-corrected chi connectivity index (χ0v) is 11.6. The predicted octanol–water partition coefficient (Wildman–Crippen LogP) is -0.865. The number of rotatable bonds is 5. The molecule has 1 fully saturated rings. The van der Waals surface area contributed by atoms with E-state index in [4.69, 9.17) is 11.5 Å². The summed E-state index contributed by atoms with van der Waals surface area (Å²) in [5.41, 5.74) is 11.4. The highest BCUT2D eigenvalue weighted by Gasteiger charge is 2.23. The highest BCUT2D eigenvalue weighted by Crippen LogP contribution is 2.16.